The number of nitro groups is 1. The van der Waals surface area contributed by atoms with E-state index in [0.717, 1.165) is 12.0 Å². The lowest BCUT2D eigenvalue weighted by molar-refractivity contribution is -0.385. The molecule has 0 radical (unpaired) electrons. The van der Waals surface area contributed by atoms with Gasteiger partial charge < -0.3 is 15.1 Å². The van der Waals surface area contributed by atoms with Crippen LogP contribution >= 0.6 is 22.9 Å². The molecule has 4 unspecified atom stereocenters. The van der Waals surface area contributed by atoms with Gasteiger partial charge in [-0.15, -0.1) is 11.3 Å². The number of amides is 2. The van der Waals surface area contributed by atoms with Gasteiger partial charge in [0.25, 0.3) is 5.69 Å². The van der Waals surface area contributed by atoms with Crippen molar-refractivity contribution < 1.29 is 19.3 Å². The monoisotopic (exact) mass is 606 g/mol. The minimum absolute atomic E-state index is 0.134. The number of nitrogens with zero attached hydrogens (tertiary/aromatic N) is 3. The van der Waals surface area contributed by atoms with Crippen LogP contribution in [0.15, 0.2) is 66.0 Å². The summed E-state index contributed by atoms with van der Waals surface area (Å²) in [6.45, 7) is 2.23. The van der Waals surface area contributed by atoms with E-state index in [-0.39, 0.29) is 29.2 Å². The van der Waals surface area contributed by atoms with E-state index in [4.69, 9.17) is 11.6 Å². The first-order valence-electron chi connectivity index (χ1n) is 14.2. The number of benzene rings is 2. The van der Waals surface area contributed by atoms with Crippen LogP contribution in [0, 0.1) is 22.0 Å². The van der Waals surface area contributed by atoms with Crippen LogP contribution in [0.3, 0.4) is 0 Å². The van der Waals surface area contributed by atoms with Crippen LogP contribution < -0.4 is 5.32 Å². The highest BCUT2D eigenvalue weighted by molar-refractivity contribution is 7.12. The van der Waals surface area contributed by atoms with Crippen molar-refractivity contribution in [3.8, 4) is 0 Å². The normalized spacial score (nSPS) is 24.3. The molecule has 11 heteroatoms. The highest BCUT2D eigenvalue weighted by atomic mass is 35.5. The summed E-state index contributed by atoms with van der Waals surface area (Å²) in [5, 5.41) is 17.4. The number of rotatable bonds is 7. The Bertz CT molecular complexity index is 1490. The second-order valence-electron chi connectivity index (χ2n) is 11.1. The molecule has 6 rings (SSSR count). The standard InChI is InChI=1S/C31H31ClN4O5S/c32-22-11-9-19(10-12-22)25-26(29(37)24-8-3-17-42-24)27(21-6-2-7-23(18-21)36(40)41)35(30(38)20-4-1-5-20)28(25)31(39)34-15-13-33-14-16-34/h2-3,6-12,17-18,20,25-28,33H,1,4-5,13-16H2. The molecule has 2 amide bonds. The summed E-state index contributed by atoms with van der Waals surface area (Å²) in [5.74, 6) is -2.37. The molecule has 3 fully saturated rings. The van der Waals surface area contributed by atoms with Gasteiger partial charge in [-0.3, -0.25) is 24.5 Å². The largest absolute Gasteiger partial charge is 0.338 e. The molecule has 42 heavy (non-hydrogen) atoms. The first kappa shape index (κ1) is 28.5. The van der Waals surface area contributed by atoms with Crippen molar-refractivity contribution in [1.82, 2.24) is 15.1 Å². The summed E-state index contributed by atoms with van der Waals surface area (Å²) >= 11 is 7.57. The maximum atomic E-state index is 14.6. The molecule has 3 aliphatic rings. The van der Waals surface area contributed by atoms with E-state index in [2.05, 4.69) is 5.32 Å². The molecule has 2 aliphatic heterocycles. The van der Waals surface area contributed by atoms with E-state index < -0.39 is 28.8 Å². The van der Waals surface area contributed by atoms with Crippen molar-refractivity contribution in [2.24, 2.45) is 11.8 Å². The molecule has 4 atom stereocenters. The molecule has 1 aromatic heterocycles. The summed E-state index contributed by atoms with van der Waals surface area (Å²) < 4.78 is 0. The lowest BCUT2D eigenvalue weighted by Crippen LogP contribution is -2.56. The molecule has 2 aromatic carbocycles. The number of nitro benzene ring substituents is 1. The topological polar surface area (TPSA) is 113 Å². The summed E-state index contributed by atoms with van der Waals surface area (Å²) in [4.78, 5) is 58.7. The van der Waals surface area contributed by atoms with E-state index in [1.54, 1.807) is 46.2 Å². The van der Waals surface area contributed by atoms with Gasteiger partial charge in [0.05, 0.1) is 21.8 Å². The van der Waals surface area contributed by atoms with Gasteiger partial charge in [0.15, 0.2) is 5.78 Å². The number of halogens is 1. The van der Waals surface area contributed by atoms with Gasteiger partial charge in [-0.25, -0.2) is 0 Å². The van der Waals surface area contributed by atoms with E-state index >= 15 is 0 Å². The third-order valence-electron chi connectivity index (χ3n) is 8.80. The lowest BCUT2D eigenvalue weighted by atomic mass is 9.77. The zero-order chi connectivity index (χ0) is 29.4. The number of Topliss-reactive ketones (excluding diaryl/α,β-unsaturated/α-hetero) is 1. The van der Waals surface area contributed by atoms with Crippen molar-refractivity contribution in [1.29, 1.82) is 0 Å². The fourth-order valence-corrected chi connectivity index (χ4v) is 7.39. The van der Waals surface area contributed by atoms with Gasteiger partial charge in [0, 0.05) is 55.2 Å². The van der Waals surface area contributed by atoms with Crippen LogP contribution in [0.1, 0.15) is 52.0 Å². The van der Waals surface area contributed by atoms with Crippen molar-refractivity contribution in [2.75, 3.05) is 26.2 Å². The van der Waals surface area contributed by atoms with Gasteiger partial charge in [-0.1, -0.05) is 48.4 Å². The number of piperazine rings is 1. The molecule has 2 saturated heterocycles. The third kappa shape index (κ3) is 5.23. The summed E-state index contributed by atoms with van der Waals surface area (Å²) in [6.07, 6.45) is 2.33. The highest BCUT2D eigenvalue weighted by Gasteiger charge is 2.59. The van der Waals surface area contributed by atoms with Crippen LogP contribution in [0.2, 0.25) is 5.02 Å². The number of non-ortho nitro benzene ring substituents is 1. The molecule has 0 spiro atoms. The molecule has 1 N–H and O–H groups in total. The predicted octanol–water partition coefficient (Wildman–Crippen LogP) is 5.08. The summed E-state index contributed by atoms with van der Waals surface area (Å²) in [6, 6.07) is 15.0. The smallest absolute Gasteiger partial charge is 0.269 e. The zero-order valence-corrected chi connectivity index (χ0v) is 24.4. The number of nitrogens with one attached hydrogen (secondary N) is 1. The van der Waals surface area contributed by atoms with Crippen LogP contribution in [-0.4, -0.2) is 64.5 Å². The second kappa shape index (κ2) is 11.9. The zero-order valence-electron chi connectivity index (χ0n) is 22.9. The van der Waals surface area contributed by atoms with Gasteiger partial charge in [-0.05, 0) is 47.5 Å². The highest BCUT2D eigenvalue weighted by Crippen LogP contribution is 2.53. The van der Waals surface area contributed by atoms with Gasteiger partial charge in [-0.2, -0.15) is 0 Å². The van der Waals surface area contributed by atoms with Crippen molar-refractivity contribution >= 4 is 46.2 Å². The number of thiophene rings is 1. The number of hydrogen-bond acceptors (Lipinski definition) is 7. The molecule has 9 nitrogen and oxygen atoms in total. The Hall–Kier alpha value is -3.60. The number of likely N-dealkylation sites (tertiary alicyclic amines) is 1. The minimum atomic E-state index is -0.962. The molecule has 218 valence electrons. The predicted molar refractivity (Wildman–Crippen MR) is 160 cm³/mol. The second-order valence-corrected chi connectivity index (χ2v) is 12.5. The Morgan fingerprint density at radius 1 is 0.952 bits per heavy atom. The Kier molecular flexibility index (Phi) is 8.11. The molecule has 3 aromatic rings. The fraction of sp³-hybridized carbons (Fsp3) is 0.387. The molecule has 3 heterocycles. The summed E-state index contributed by atoms with van der Waals surface area (Å²) in [7, 11) is 0. The van der Waals surface area contributed by atoms with E-state index in [1.165, 1.54) is 23.5 Å². The van der Waals surface area contributed by atoms with Crippen LogP contribution in [0.5, 0.6) is 0 Å². The van der Waals surface area contributed by atoms with Crippen LogP contribution in [0.4, 0.5) is 5.69 Å². The molecular formula is C31H31ClN4O5S. The first-order chi connectivity index (χ1) is 20.3. The van der Waals surface area contributed by atoms with E-state index in [1.807, 2.05) is 17.5 Å². The molecular weight excluding hydrogens is 576 g/mol. The average molecular weight is 607 g/mol. The number of ketones is 1. The Morgan fingerprint density at radius 3 is 2.31 bits per heavy atom. The number of carbonyl (C=O) groups excluding carboxylic acids is 3. The molecule has 1 saturated carbocycles. The van der Waals surface area contributed by atoms with Crippen molar-refractivity contribution in [3.63, 3.8) is 0 Å². The van der Waals surface area contributed by atoms with Crippen LogP contribution in [-0.2, 0) is 9.59 Å². The minimum Gasteiger partial charge on any atom is -0.338 e. The average Bonchev–Trinajstić information content (AvgIpc) is 3.64. The van der Waals surface area contributed by atoms with E-state index in [0.29, 0.717) is 54.5 Å². The molecule has 0 bridgehead atoms. The van der Waals surface area contributed by atoms with E-state index in [9.17, 15) is 24.5 Å². The van der Waals surface area contributed by atoms with Crippen LogP contribution in [0.25, 0.3) is 0 Å². The van der Waals surface area contributed by atoms with Crippen molar-refractivity contribution in [3.05, 3.63) is 97.2 Å². The first-order valence-corrected chi connectivity index (χ1v) is 15.5. The van der Waals surface area contributed by atoms with Gasteiger partial charge in [0.2, 0.25) is 11.8 Å². The maximum Gasteiger partial charge on any atom is 0.269 e. The van der Waals surface area contributed by atoms with Gasteiger partial charge in [0.1, 0.15) is 6.04 Å². The Balaban J connectivity index is 1.59. The summed E-state index contributed by atoms with van der Waals surface area (Å²) in [5.41, 5.74) is 1.06. The number of hydrogen-bond donors (Lipinski definition) is 1. The fourth-order valence-electron chi connectivity index (χ4n) is 6.55. The van der Waals surface area contributed by atoms with Gasteiger partial charge >= 0.3 is 0 Å². The Morgan fingerprint density at radius 2 is 1.69 bits per heavy atom. The SMILES string of the molecule is O=C(c1cccs1)C1C(c2ccc(Cl)cc2)C(C(=O)N2CCNCC2)N(C(=O)C2CCC2)C1c1cccc([N+](=O)[O-])c1. The number of carbonyl (C=O) groups is 3. The van der Waals surface area contributed by atoms with Crippen molar-refractivity contribution in [2.45, 2.75) is 37.3 Å². The lowest BCUT2D eigenvalue weighted by Gasteiger charge is -2.39. The molecule has 1 aliphatic carbocycles. The maximum absolute atomic E-state index is 14.6. The quantitative estimate of drug-likeness (QED) is 0.228. The third-order valence-corrected chi connectivity index (χ3v) is 9.94. The Labute approximate surface area is 252 Å².